The fraction of sp³-hybridized carbons (Fsp3) is 0.261. The van der Waals surface area contributed by atoms with Crippen molar-refractivity contribution in [3.8, 4) is 5.69 Å². The highest BCUT2D eigenvalue weighted by Gasteiger charge is 2.16. The van der Waals surface area contributed by atoms with Crippen LogP contribution in [0.5, 0.6) is 0 Å². The summed E-state index contributed by atoms with van der Waals surface area (Å²) >= 11 is 0. The average molecular weight is 408 g/mol. The first kappa shape index (κ1) is 21.2. The first-order valence-corrected chi connectivity index (χ1v) is 9.82. The lowest BCUT2D eigenvalue weighted by molar-refractivity contribution is -0.122. The van der Waals surface area contributed by atoms with Gasteiger partial charge in [-0.25, -0.2) is 9.07 Å². The Labute approximate surface area is 175 Å². The quantitative estimate of drug-likeness (QED) is 0.602. The molecule has 0 unspecified atom stereocenters. The first-order chi connectivity index (χ1) is 14.4. The molecule has 0 fully saturated rings. The Kier molecular flexibility index (Phi) is 6.95. The van der Waals surface area contributed by atoms with Crippen molar-refractivity contribution < 1.29 is 14.0 Å². The highest BCUT2D eigenvalue weighted by molar-refractivity contribution is 5.80. The molecular weight excluding hydrogens is 383 g/mol. The smallest absolute Gasteiger partial charge is 0.224 e. The number of hydrogen-bond acceptors (Lipinski definition) is 3. The van der Waals surface area contributed by atoms with E-state index in [9.17, 15) is 14.0 Å². The number of halogens is 1. The van der Waals surface area contributed by atoms with Gasteiger partial charge in [0.1, 0.15) is 5.82 Å². The molecule has 2 amide bonds. The lowest BCUT2D eigenvalue weighted by atomic mass is 10.1. The van der Waals surface area contributed by atoms with Crippen LogP contribution in [0.3, 0.4) is 0 Å². The molecular formula is C23H25FN4O2. The third-order valence-electron chi connectivity index (χ3n) is 4.86. The van der Waals surface area contributed by atoms with E-state index in [1.54, 1.807) is 16.8 Å². The van der Waals surface area contributed by atoms with Gasteiger partial charge in [-0.1, -0.05) is 30.3 Å². The van der Waals surface area contributed by atoms with Gasteiger partial charge >= 0.3 is 0 Å². The Morgan fingerprint density at radius 3 is 2.37 bits per heavy atom. The second-order valence-electron chi connectivity index (χ2n) is 7.08. The van der Waals surface area contributed by atoms with Crippen molar-refractivity contribution in [3.63, 3.8) is 0 Å². The Bertz CT molecular complexity index is 1010. The summed E-state index contributed by atoms with van der Waals surface area (Å²) in [6.45, 7) is 4.45. The predicted octanol–water partition coefficient (Wildman–Crippen LogP) is 2.99. The van der Waals surface area contributed by atoms with Crippen molar-refractivity contribution in [3.05, 3.63) is 82.9 Å². The summed E-state index contributed by atoms with van der Waals surface area (Å²) in [5.41, 5.74) is 4.16. The number of nitrogens with zero attached hydrogens (tertiary/aromatic N) is 2. The zero-order valence-electron chi connectivity index (χ0n) is 17.1. The molecule has 0 aliphatic heterocycles. The molecule has 0 saturated carbocycles. The van der Waals surface area contributed by atoms with Gasteiger partial charge in [-0.05, 0) is 43.7 Å². The summed E-state index contributed by atoms with van der Waals surface area (Å²) in [7, 11) is 0. The van der Waals surface area contributed by atoms with Gasteiger partial charge in [-0.15, -0.1) is 0 Å². The average Bonchev–Trinajstić information content (AvgIpc) is 3.02. The fourth-order valence-electron chi connectivity index (χ4n) is 3.19. The van der Waals surface area contributed by atoms with E-state index < -0.39 is 0 Å². The number of aromatic nitrogens is 2. The van der Waals surface area contributed by atoms with Crippen molar-refractivity contribution in [2.45, 2.75) is 33.2 Å². The minimum atomic E-state index is -0.312. The summed E-state index contributed by atoms with van der Waals surface area (Å²) in [5, 5.41) is 10.1. The molecule has 0 aliphatic carbocycles. The van der Waals surface area contributed by atoms with Crippen LogP contribution in [0.4, 0.5) is 4.39 Å². The summed E-state index contributed by atoms with van der Waals surface area (Å²) in [5.74, 6) is -0.598. The molecule has 30 heavy (non-hydrogen) atoms. The number of carbonyl (C=O) groups excluding carboxylic acids is 2. The maximum absolute atomic E-state index is 13.2. The maximum atomic E-state index is 13.2. The van der Waals surface area contributed by atoms with Crippen molar-refractivity contribution in [1.29, 1.82) is 0 Å². The van der Waals surface area contributed by atoms with Crippen molar-refractivity contribution in [2.24, 2.45) is 0 Å². The second-order valence-corrected chi connectivity index (χ2v) is 7.08. The van der Waals surface area contributed by atoms with Crippen molar-refractivity contribution in [1.82, 2.24) is 20.4 Å². The van der Waals surface area contributed by atoms with E-state index >= 15 is 0 Å². The van der Waals surface area contributed by atoms with E-state index in [0.717, 1.165) is 28.2 Å². The largest absolute Gasteiger partial charge is 0.355 e. The Balaban J connectivity index is 1.49. The molecule has 0 spiro atoms. The zero-order valence-corrected chi connectivity index (χ0v) is 17.1. The highest BCUT2D eigenvalue weighted by atomic mass is 19.1. The lowest BCUT2D eigenvalue weighted by Crippen LogP contribution is -2.31. The van der Waals surface area contributed by atoms with Crippen LogP contribution < -0.4 is 10.6 Å². The first-order valence-electron chi connectivity index (χ1n) is 9.82. The molecule has 6 nitrogen and oxygen atoms in total. The third kappa shape index (κ3) is 5.53. The van der Waals surface area contributed by atoms with Crippen LogP contribution in [0.15, 0.2) is 54.6 Å². The van der Waals surface area contributed by atoms with Gasteiger partial charge in [0.2, 0.25) is 11.8 Å². The molecule has 1 heterocycles. The van der Waals surface area contributed by atoms with E-state index in [1.807, 2.05) is 44.2 Å². The van der Waals surface area contributed by atoms with E-state index in [1.165, 1.54) is 12.1 Å². The lowest BCUT2D eigenvalue weighted by Gasteiger charge is -2.08. The van der Waals surface area contributed by atoms with E-state index in [-0.39, 0.29) is 37.0 Å². The van der Waals surface area contributed by atoms with Gasteiger partial charge in [0.05, 0.1) is 17.8 Å². The van der Waals surface area contributed by atoms with Crippen LogP contribution in [0.2, 0.25) is 0 Å². The van der Waals surface area contributed by atoms with E-state index in [2.05, 4.69) is 15.7 Å². The molecule has 2 N–H and O–H groups in total. The Hall–Kier alpha value is -3.48. The van der Waals surface area contributed by atoms with Gasteiger partial charge in [0.15, 0.2) is 0 Å². The topological polar surface area (TPSA) is 76.0 Å². The van der Waals surface area contributed by atoms with Crippen LogP contribution in [0, 0.1) is 19.7 Å². The number of rotatable bonds is 8. The molecule has 0 atom stereocenters. The maximum Gasteiger partial charge on any atom is 0.224 e. The Morgan fingerprint density at radius 2 is 1.67 bits per heavy atom. The molecule has 2 aromatic carbocycles. The molecule has 3 rings (SSSR count). The van der Waals surface area contributed by atoms with Gasteiger partial charge in [-0.3, -0.25) is 9.59 Å². The molecule has 7 heteroatoms. The molecule has 0 bridgehead atoms. The SMILES string of the molecule is Cc1nn(-c2ccc(F)cc2)c(C)c1CC(=O)NCCC(=O)NCc1ccccc1. The van der Waals surface area contributed by atoms with Gasteiger partial charge < -0.3 is 10.6 Å². The predicted molar refractivity (Wildman–Crippen MR) is 113 cm³/mol. The van der Waals surface area contributed by atoms with Crippen LogP contribution >= 0.6 is 0 Å². The summed E-state index contributed by atoms with van der Waals surface area (Å²) < 4.78 is 14.9. The third-order valence-corrected chi connectivity index (χ3v) is 4.86. The highest BCUT2D eigenvalue weighted by Crippen LogP contribution is 2.18. The monoisotopic (exact) mass is 408 g/mol. The van der Waals surface area contributed by atoms with Crippen LogP contribution in [0.1, 0.15) is 28.9 Å². The number of carbonyl (C=O) groups is 2. The van der Waals surface area contributed by atoms with Crippen LogP contribution in [0.25, 0.3) is 5.69 Å². The summed E-state index contributed by atoms with van der Waals surface area (Å²) in [6.07, 6.45) is 0.385. The van der Waals surface area contributed by atoms with Crippen LogP contribution in [-0.2, 0) is 22.6 Å². The number of aryl methyl sites for hydroxylation is 1. The molecule has 0 aliphatic rings. The minimum absolute atomic E-state index is 0.115. The Morgan fingerprint density at radius 1 is 0.967 bits per heavy atom. The molecule has 3 aromatic rings. The fourth-order valence-corrected chi connectivity index (χ4v) is 3.19. The van der Waals surface area contributed by atoms with Crippen molar-refractivity contribution in [2.75, 3.05) is 6.54 Å². The number of amides is 2. The molecule has 156 valence electrons. The van der Waals surface area contributed by atoms with Gasteiger partial charge in [-0.2, -0.15) is 5.10 Å². The second kappa shape index (κ2) is 9.82. The standard InChI is InChI=1S/C23H25FN4O2/c1-16-21(17(2)28(27-16)20-10-8-19(24)9-11-20)14-23(30)25-13-12-22(29)26-15-18-6-4-3-5-7-18/h3-11H,12-15H2,1-2H3,(H,25,30)(H,26,29). The minimum Gasteiger partial charge on any atom is -0.355 e. The van der Waals surface area contributed by atoms with Gasteiger partial charge in [0.25, 0.3) is 0 Å². The molecule has 0 radical (unpaired) electrons. The van der Waals surface area contributed by atoms with Crippen LogP contribution in [-0.4, -0.2) is 28.1 Å². The summed E-state index contributed by atoms with van der Waals surface area (Å²) in [6, 6.07) is 15.7. The molecule has 0 saturated heterocycles. The number of nitrogens with one attached hydrogen (secondary N) is 2. The normalized spacial score (nSPS) is 10.6. The summed E-state index contributed by atoms with van der Waals surface area (Å²) in [4.78, 5) is 24.3. The number of hydrogen-bond donors (Lipinski definition) is 2. The number of benzene rings is 2. The van der Waals surface area contributed by atoms with Crippen molar-refractivity contribution >= 4 is 11.8 Å². The zero-order chi connectivity index (χ0) is 21.5. The van der Waals surface area contributed by atoms with E-state index in [4.69, 9.17) is 0 Å². The van der Waals surface area contributed by atoms with E-state index in [0.29, 0.717) is 6.54 Å². The van der Waals surface area contributed by atoms with Gasteiger partial charge in [0, 0.05) is 30.8 Å². The molecule has 1 aromatic heterocycles.